The number of hydrogen-bond donors (Lipinski definition) is 1. The normalized spacial score (nSPS) is 14.9. The van der Waals surface area contributed by atoms with Gasteiger partial charge in [0.05, 0.1) is 32.6 Å². The number of aliphatic imine (C=N–C) groups is 1. The van der Waals surface area contributed by atoms with E-state index in [9.17, 15) is 8.78 Å². The number of methoxy groups -OCH3 is 3. The van der Waals surface area contributed by atoms with Crippen LogP contribution in [0.3, 0.4) is 0 Å². The lowest BCUT2D eigenvalue weighted by Crippen LogP contribution is -2.26. The van der Waals surface area contributed by atoms with Gasteiger partial charge in [0.25, 0.3) is 0 Å². The second-order valence-corrected chi connectivity index (χ2v) is 7.43. The minimum absolute atomic E-state index is 0.0460. The molecule has 0 radical (unpaired) electrons. The lowest BCUT2D eigenvalue weighted by molar-refractivity contribution is 0.322. The van der Waals surface area contributed by atoms with Gasteiger partial charge in [0.15, 0.2) is 11.5 Å². The van der Waals surface area contributed by atoms with E-state index in [0.717, 1.165) is 18.1 Å². The predicted molar refractivity (Wildman–Crippen MR) is 120 cm³/mol. The number of halogens is 2. The van der Waals surface area contributed by atoms with Gasteiger partial charge in [0, 0.05) is 18.5 Å². The fourth-order valence-electron chi connectivity index (χ4n) is 4.01. The molecule has 0 aliphatic carbocycles. The first-order valence-electron chi connectivity index (χ1n) is 10.2. The fraction of sp³-hybridized carbons (Fsp3) is 0.240. The van der Waals surface area contributed by atoms with Gasteiger partial charge in [-0.1, -0.05) is 30.3 Å². The van der Waals surface area contributed by atoms with E-state index in [1.807, 2.05) is 24.3 Å². The number of fused-ring (bicyclic) bond motifs is 1. The summed E-state index contributed by atoms with van der Waals surface area (Å²) in [5.41, 5.74) is 2.91. The smallest absolute Gasteiger partial charge is 0.204 e. The summed E-state index contributed by atoms with van der Waals surface area (Å²) < 4.78 is 44.6. The van der Waals surface area contributed by atoms with Crippen LogP contribution >= 0.6 is 0 Å². The van der Waals surface area contributed by atoms with Crippen LogP contribution in [0, 0.1) is 11.6 Å². The number of nitrogens with zero attached hydrogens (tertiary/aromatic N) is 1. The molecule has 0 aromatic heterocycles. The Hall–Kier alpha value is -3.61. The molecule has 5 nitrogen and oxygen atoms in total. The van der Waals surface area contributed by atoms with Crippen molar-refractivity contribution < 1.29 is 23.0 Å². The second-order valence-electron chi connectivity index (χ2n) is 7.43. The Bertz CT molecular complexity index is 1150. The van der Waals surface area contributed by atoms with Crippen LogP contribution in [0.15, 0.2) is 59.6 Å². The highest BCUT2D eigenvalue weighted by Gasteiger charge is 2.31. The van der Waals surface area contributed by atoms with E-state index in [4.69, 9.17) is 19.2 Å². The van der Waals surface area contributed by atoms with Crippen molar-refractivity contribution in [3.8, 4) is 17.2 Å². The standard InChI is InChI=1S/C25H24F2N2O3/c1-30-21-13-18-16(11-15-7-5-4-6-8-15)14-28-25(22(18)24(32-3)23(21)31-2)29-20-10-9-17(26)12-19(20)27/h4-10,12-13,16H,11,14H2,1-3H3,(H,28,29). The molecular weight excluding hydrogens is 414 g/mol. The van der Waals surface area contributed by atoms with Crippen LogP contribution in [-0.2, 0) is 6.42 Å². The Labute approximate surface area is 185 Å². The molecule has 3 aromatic rings. The van der Waals surface area contributed by atoms with Crippen molar-refractivity contribution in [2.24, 2.45) is 4.99 Å². The Balaban J connectivity index is 1.83. The van der Waals surface area contributed by atoms with Gasteiger partial charge in [-0.2, -0.15) is 0 Å². The number of amidine groups is 1. The minimum atomic E-state index is -0.708. The zero-order valence-electron chi connectivity index (χ0n) is 18.1. The first kappa shape index (κ1) is 21.6. The third-order valence-corrected chi connectivity index (χ3v) is 5.52. The molecule has 1 atom stereocenters. The third kappa shape index (κ3) is 4.10. The summed E-state index contributed by atoms with van der Waals surface area (Å²) >= 11 is 0. The summed E-state index contributed by atoms with van der Waals surface area (Å²) in [4.78, 5) is 4.72. The highest BCUT2D eigenvalue weighted by atomic mass is 19.1. The number of anilines is 1. The van der Waals surface area contributed by atoms with Gasteiger partial charge in [-0.25, -0.2) is 8.78 Å². The van der Waals surface area contributed by atoms with E-state index in [2.05, 4.69) is 17.4 Å². The molecule has 1 N–H and O–H groups in total. The molecular formula is C25H24F2N2O3. The molecule has 1 unspecified atom stereocenters. The number of benzene rings is 3. The van der Waals surface area contributed by atoms with Crippen LogP contribution in [0.4, 0.5) is 14.5 Å². The lowest BCUT2D eigenvalue weighted by atomic mass is 9.85. The topological polar surface area (TPSA) is 52.1 Å². The number of nitrogens with one attached hydrogen (secondary N) is 1. The molecule has 3 aromatic carbocycles. The Kier molecular flexibility index (Phi) is 6.25. The molecule has 166 valence electrons. The lowest BCUT2D eigenvalue weighted by Gasteiger charge is -2.29. The Morgan fingerprint density at radius 2 is 1.69 bits per heavy atom. The van der Waals surface area contributed by atoms with Crippen LogP contribution in [0.5, 0.6) is 17.2 Å². The first-order chi connectivity index (χ1) is 15.5. The van der Waals surface area contributed by atoms with Crippen LogP contribution in [-0.4, -0.2) is 33.7 Å². The average Bonchev–Trinajstić information content (AvgIpc) is 2.81. The van der Waals surface area contributed by atoms with E-state index < -0.39 is 11.6 Å². The quantitative estimate of drug-likeness (QED) is 0.576. The van der Waals surface area contributed by atoms with Crippen LogP contribution < -0.4 is 19.5 Å². The molecule has 7 heteroatoms. The summed E-state index contributed by atoms with van der Waals surface area (Å²) in [6.45, 7) is 0.478. The summed E-state index contributed by atoms with van der Waals surface area (Å²) in [7, 11) is 4.63. The molecule has 0 saturated carbocycles. The monoisotopic (exact) mass is 438 g/mol. The van der Waals surface area contributed by atoms with E-state index in [-0.39, 0.29) is 11.6 Å². The Morgan fingerprint density at radius 3 is 2.34 bits per heavy atom. The van der Waals surface area contributed by atoms with E-state index in [1.165, 1.54) is 31.9 Å². The SMILES string of the molecule is COc1cc2c(c(OC)c1OC)C(Nc1ccc(F)cc1F)=NCC2Cc1ccccc1. The summed E-state index contributed by atoms with van der Waals surface area (Å²) in [5.74, 6) is 0.510. The molecule has 1 heterocycles. The first-order valence-corrected chi connectivity index (χ1v) is 10.2. The largest absolute Gasteiger partial charge is 0.493 e. The van der Waals surface area contributed by atoms with Crippen LogP contribution in [0.2, 0.25) is 0 Å². The van der Waals surface area contributed by atoms with E-state index in [1.54, 1.807) is 7.11 Å². The number of rotatable bonds is 6. The minimum Gasteiger partial charge on any atom is -0.493 e. The van der Waals surface area contributed by atoms with Crippen molar-refractivity contribution in [3.63, 3.8) is 0 Å². The van der Waals surface area contributed by atoms with Gasteiger partial charge in [-0.3, -0.25) is 4.99 Å². The van der Waals surface area contributed by atoms with Crippen molar-refractivity contribution >= 4 is 11.5 Å². The van der Waals surface area contributed by atoms with Crippen molar-refractivity contribution in [1.82, 2.24) is 0 Å². The molecule has 4 rings (SSSR count). The molecule has 0 bridgehead atoms. The molecule has 0 amide bonds. The fourth-order valence-corrected chi connectivity index (χ4v) is 4.01. The zero-order valence-corrected chi connectivity index (χ0v) is 18.1. The second kappa shape index (κ2) is 9.26. The van der Waals surface area contributed by atoms with Gasteiger partial charge in [0.1, 0.15) is 17.5 Å². The maximum Gasteiger partial charge on any atom is 0.204 e. The van der Waals surface area contributed by atoms with Gasteiger partial charge in [0.2, 0.25) is 5.75 Å². The van der Waals surface area contributed by atoms with Gasteiger partial charge in [-0.15, -0.1) is 0 Å². The average molecular weight is 438 g/mol. The molecule has 0 saturated heterocycles. The van der Waals surface area contributed by atoms with Gasteiger partial charge < -0.3 is 19.5 Å². The van der Waals surface area contributed by atoms with Crippen molar-refractivity contribution in [2.45, 2.75) is 12.3 Å². The van der Waals surface area contributed by atoms with Crippen molar-refractivity contribution in [1.29, 1.82) is 0 Å². The third-order valence-electron chi connectivity index (χ3n) is 5.52. The highest BCUT2D eigenvalue weighted by Crippen LogP contribution is 2.46. The maximum atomic E-state index is 14.4. The molecule has 0 spiro atoms. The molecule has 0 fully saturated rings. The van der Waals surface area contributed by atoms with E-state index in [0.29, 0.717) is 35.2 Å². The molecule has 1 aliphatic heterocycles. The van der Waals surface area contributed by atoms with Crippen LogP contribution in [0.25, 0.3) is 0 Å². The number of hydrogen-bond acceptors (Lipinski definition) is 5. The van der Waals surface area contributed by atoms with E-state index >= 15 is 0 Å². The predicted octanol–water partition coefficient (Wildman–Crippen LogP) is 5.19. The van der Waals surface area contributed by atoms with Gasteiger partial charge in [-0.05, 0) is 35.7 Å². The molecule has 32 heavy (non-hydrogen) atoms. The zero-order chi connectivity index (χ0) is 22.7. The highest BCUT2D eigenvalue weighted by molar-refractivity contribution is 6.12. The van der Waals surface area contributed by atoms with Crippen molar-refractivity contribution in [3.05, 3.63) is 82.9 Å². The Morgan fingerprint density at radius 1 is 0.938 bits per heavy atom. The summed E-state index contributed by atoms with van der Waals surface area (Å²) in [6.07, 6.45) is 0.758. The summed E-state index contributed by atoms with van der Waals surface area (Å²) in [6, 6.07) is 15.4. The van der Waals surface area contributed by atoms with Crippen LogP contribution in [0.1, 0.15) is 22.6 Å². The maximum absolute atomic E-state index is 14.4. The number of ether oxygens (including phenoxy) is 3. The van der Waals surface area contributed by atoms with Crippen molar-refractivity contribution in [2.75, 3.05) is 33.2 Å². The summed E-state index contributed by atoms with van der Waals surface area (Å²) in [5, 5.41) is 3.01. The molecule has 1 aliphatic rings. The van der Waals surface area contributed by atoms with Gasteiger partial charge >= 0.3 is 0 Å².